The van der Waals surface area contributed by atoms with Crippen molar-refractivity contribution >= 4 is 45.0 Å². The SMILES string of the molecule is Nc1nc(SCc2nnc(-c3ccc(Br)s3)o2)n[nH]1. The molecule has 0 saturated carbocycles. The van der Waals surface area contributed by atoms with Crippen LogP contribution >= 0.6 is 39.0 Å². The van der Waals surface area contributed by atoms with E-state index in [1.165, 1.54) is 23.1 Å². The van der Waals surface area contributed by atoms with Gasteiger partial charge in [-0.25, -0.2) is 5.10 Å². The van der Waals surface area contributed by atoms with Crippen LogP contribution in [0.1, 0.15) is 5.89 Å². The molecule has 0 amide bonds. The Kier molecular flexibility index (Phi) is 3.53. The minimum Gasteiger partial charge on any atom is -0.419 e. The first-order valence-electron chi connectivity index (χ1n) is 5.09. The topological polar surface area (TPSA) is 107 Å². The third-order valence-electron chi connectivity index (χ3n) is 2.06. The standard InChI is InChI=1S/C9H7BrN6OS2/c10-5-2-1-4(19-5)7-14-13-6(17-7)3-18-9-12-8(11)15-16-9/h1-2H,3H2,(H3,11,12,15,16). The summed E-state index contributed by atoms with van der Waals surface area (Å²) < 4.78 is 6.58. The van der Waals surface area contributed by atoms with Crippen LogP contribution in [0.5, 0.6) is 0 Å². The van der Waals surface area contributed by atoms with Gasteiger partial charge in [0, 0.05) is 0 Å². The summed E-state index contributed by atoms with van der Waals surface area (Å²) in [5, 5.41) is 15.0. The van der Waals surface area contributed by atoms with E-state index in [1.807, 2.05) is 12.1 Å². The highest BCUT2D eigenvalue weighted by Crippen LogP contribution is 2.31. The molecule has 0 spiro atoms. The normalized spacial score (nSPS) is 11.0. The van der Waals surface area contributed by atoms with Gasteiger partial charge in [0.15, 0.2) is 0 Å². The summed E-state index contributed by atoms with van der Waals surface area (Å²) in [4.78, 5) is 4.90. The second kappa shape index (κ2) is 5.31. The second-order valence-electron chi connectivity index (χ2n) is 3.40. The van der Waals surface area contributed by atoms with Gasteiger partial charge in [-0.15, -0.1) is 26.6 Å². The molecular weight excluding hydrogens is 352 g/mol. The van der Waals surface area contributed by atoms with Crippen LogP contribution in [0.15, 0.2) is 25.5 Å². The predicted molar refractivity (Wildman–Crippen MR) is 75.7 cm³/mol. The highest BCUT2D eigenvalue weighted by Gasteiger charge is 2.11. The second-order valence-corrected chi connectivity index (χ2v) is 6.80. The lowest BCUT2D eigenvalue weighted by molar-refractivity contribution is 0.529. The van der Waals surface area contributed by atoms with Gasteiger partial charge in [-0.2, -0.15) is 4.98 Å². The summed E-state index contributed by atoms with van der Waals surface area (Å²) in [5.74, 6) is 1.82. The number of thioether (sulfide) groups is 1. The summed E-state index contributed by atoms with van der Waals surface area (Å²) in [6, 6.07) is 3.87. The molecule has 0 aromatic carbocycles. The molecule has 3 aromatic heterocycles. The molecule has 0 aliphatic heterocycles. The van der Waals surface area contributed by atoms with Crippen molar-refractivity contribution in [3.63, 3.8) is 0 Å². The fraction of sp³-hybridized carbons (Fsp3) is 0.111. The van der Waals surface area contributed by atoms with E-state index in [-0.39, 0.29) is 5.95 Å². The van der Waals surface area contributed by atoms with Crippen molar-refractivity contribution in [1.29, 1.82) is 0 Å². The molecule has 0 aliphatic carbocycles. The van der Waals surface area contributed by atoms with Crippen LogP contribution < -0.4 is 5.73 Å². The predicted octanol–water partition coefficient (Wildman–Crippen LogP) is 2.55. The van der Waals surface area contributed by atoms with E-state index in [2.05, 4.69) is 41.3 Å². The average Bonchev–Trinajstić information content (AvgIpc) is 3.07. The highest BCUT2D eigenvalue weighted by atomic mass is 79.9. The van der Waals surface area contributed by atoms with E-state index < -0.39 is 0 Å². The van der Waals surface area contributed by atoms with Gasteiger partial charge in [-0.3, -0.25) is 0 Å². The van der Waals surface area contributed by atoms with Crippen LogP contribution in [0.4, 0.5) is 5.95 Å². The van der Waals surface area contributed by atoms with Crippen molar-refractivity contribution in [3.05, 3.63) is 21.8 Å². The van der Waals surface area contributed by atoms with Gasteiger partial charge in [0.05, 0.1) is 14.4 Å². The molecule has 0 radical (unpaired) electrons. The molecule has 3 aromatic rings. The third kappa shape index (κ3) is 2.96. The van der Waals surface area contributed by atoms with E-state index in [4.69, 9.17) is 10.2 Å². The Bertz CT molecular complexity index is 692. The number of hydrogen-bond acceptors (Lipinski definition) is 8. The van der Waals surface area contributed by atoms with Crippen molar-refractivity contribution in [2.24, 2.45) is 0 Å². The zero-order chi connectivity index (χ0) is 13.2. The minimum absolute atomic E-state index is 0.289. The number of anilines is 1. The Morgan fingerprint density at radius 3 is 3.00 bits per heavy atom. The Morgan fingerprint density at radius 1 is 1.42 bits per heavy atom. The zero-order valence-corrected chi connectivity index (χ0v) is 12.5. The Morgan fingerprint density at radius 2 is 2.32 bits per heavy atom. The maximum absolute atomic E-state index is 5.56. The molecule has 3 rings (SSSR count). The first kappa shape index (κ1) is 12.6. The van der Waals surface area contributed by atoms with Crippen LogP contribution in [-0.4, -0.2) is 25.4 Å². The van der Waals surface area contributed by atoms with E-state index in [0.717, 1.165) is 8.66 Å². The molecule has 0 aliphatic rings. The quantitative estimate of drug-likeness (QED) is 0.690. The summed E-state index contributed by atoms with van der Waals surface area (Å²) in [6.07, 6.45) is 0. The molecule has 19 heavy (non-hydrogen) atoms. The van der Waals surface area contributed by atoms with Gasteiger partial charge in [-0.05, 0) is 28.1 Å². The van der Waals surface area contributed by atoms with Crippen LogP contribution in [-0.2, 0) is 5.75 Å². The number of nitrogens with zero attached hydrogens (tertiary/aromatic N) is 4. The van der Waals surface area contributed by atoms with E-state index in [9.17, 15) is 0 Å². The van der Waals surface area contributed by atoms with E-state index in [0.29, 0.717) is 22.7 Å². The molecule has 3 heterocycles. The van der Waals surface area contributed by atoms with Crippen LogP contribution in [0.2, 0.25) is 0 Å². The molecule has 0 unspecified atom stereocenters. The Hall–Kier alpha value is -1.39. The molecule has 98 valence electrons. The minimum atomic E-state index is 0.289. The van der Waals surface area contributed by atoms with Gasteiger partial charge in [0.2, 0.25) is 17.0 Å². The maximum atomic E-state index is 5.56. The van der Waals surface area contributed by atoms with Crippen LogP contribution in [0.3, 0.4) is 0 Å². The number of rotatable bonds is 4. The van der Waals surface area contributed by atoms with Crippen LogP contribution in [0.25, 0.3) is 10.8 Å². The maximum Gasteiger partial charge on any atom is 0.257 e. The summed E-state index contributed by atoms with van der Waals surface area (Å²) in [6.45, 7) is 0. The third-order valence-corrected chi connectivity index (χ3v) is 4.50. The van der Waals surface area contributed by atoms with Crippen molar-refractivity contribution < 1.29 is 4.42 Å². The zero-order valence-electron chi connectivity index (χ0n) is 9.33. The van der Waals surface area contributed by atoms with Crippen LogP contribution in [0, 0.1) is 0 Å². The number of H-pyrrole nitrogens is 1. The summed E-state index contributed by atoms with van der Waals surface area (Å²) in [7, 11) is 0. The average molecular weight is 359 g/mol. The fourth-order valence-corrected chi connectivity index (χ4v) is 3.24. The number of thiophene rings is 1. The Labute approximate surface area is 124 Å². The van der Waals surface area contributed by atoms with Gasteiger partial charge in [0.25, 0.3) is 5.89 Å². The summed E-state index contributed by atoms with van der Waals surface area (Å²) >= 11 is 6.30. The smallest absolute Gasteiger partial charge is 0.257 e. The Balaban J connectivity index is 1.68. The monoisotopic (exact) mass is 358 g/mol. The van der Waals surface area contributed by atoms with Gasteiger partial charge in [-0.1, -0.05) is 11.8 Å². The molecule has 0 bridgehead atoms. The molecule has 0 saturated heterocycles. The molecular formula is C9H7BrN6OS2. The molecule has 0 atom stereocenters. The lowest BCUT2D eigenvalue weighted by Gasteiger charge is -1.90. The number of aromatic amines is 1. The molecule has 3 N–H and O–H groups in total. The number of nitrogens with one attached hydrogen (secondary N) is 1. The van der Waals surface area contributed by atoms with E-state index >= 15 is 0 Å². The van der Waals surface area contributed by atoms with Crippen molar-refractivity contribution in [2.45, 2.75) is 10.9 Å². The first-order chi connectivity index (χ1) is 9.20. The number of halogens is 1. The van der Waals surface area contributed by atoms with Gasteiger partial charge >= 0.3 is 0 Å². The first-order valence-corrected chi connectivity index (χ1v) is 7.69. The largest absolute Gasteiger partial charge is 0.419 e. The lowest BCUT2D eigenvalue weighted by Crippen LogP contribution is -1.85. The number of aromatic nitrogens is 5. The summed E-state index contributed by atoms with van der Waals surface area (Å²) in [5.41, 5.74) is 5.43. The molecule has 10 heteroatoms. The number of nitrogen functional groups attached to an aromatic ring is 1. The number of hydrogen-bond donors (Lipinski definition) is 2. The van der Waals surface area contributed by atoms with Gasteiger partial charge in [0.1, 0.15) is 0 Å². The molecule has 7 nitrogen and oxygen atoms in total. The van der Waals surface area contributed by atoms with E-state index in [1.54, 1.807) is 0 Å². The van der Waals surface area contributed by atoms with Gasteiger partial charge < -0.3 is 10.2 Å². The number of nitrogens with two attached hydrogens (primary N) is 1. The highest BCUT2D eigenvalue weighted by molar-refractivity contribution is 9.11. The van der Waals surface area contributed by atoms with Crippen molar-refractivity contribution in [2.75, 3.05) is 5.73 Å². The fourth-order valence-electron chi connectivity index (χ4n) is 1.29. The van der Waals surface area contributed by atoms with Crippen molar-refractivity contribution in [1.82, 2.24) is 25.4 Å². The lowest BCUT2D eigenvalue weighted by atomic mass is 10.5. The van der Waals surface area contributed by atoms with Crippen molar-refractivity contribution in [3.8, 4) is 10.8 Å². The molecule has 0 fully saturated rings.